The fraction of sp³-hybridized carbons (Fsp3) is 0.500. The number of amides is 1. The normalized spacial score (nSPS) is 16.5. The summed E-state index contributed by atoms with van der Waals surface area (Å²) in [4.78, 5) is 25.4. The highest BCUT2D eigenvalue weighted by molar-refractivity contribution is 7.89. The van der Waals surface area contributed by atoms with Crippen LogP contribution in [0.2, 0.25) is 5.02 Å². The zero-order valence-electron chi connectivity index (χ0n) is 14.4. The number of likely N-dealkylation sites (N-methyl/N-ethyl adjacent to an activating group) is 1. The molecular formula is C16H21ClN2O5S. The minimum absolute atomic E-state index is 0.0164. The maximum Gasteiger partial charge on any atom is 0.340 e. The van der Waals surface area contributed by atoms with Gasteiger partial charge in [-0.05, 0) is 38.0 Å². The lowest BCUT2D eigenvalue weighted by molar-refractivity contribution is -0.137. The quantitative estimate of drug-likeness (QED) is 0.717. The van der Waals surface area contributed by atoms with E-state index in [1.54, 1.807) is 14.1 Å². The standard InChI is InChI=1S/C16H21ClN2O5S/c1-11(15(20)18(2)3)24-16(21)13-10-12(6-7-14(13)17)25(22,23)19-8-4-5-9-19/h6-7,10-11H,4-5,8-9H2,1-3H3/t11-/m0/s1. The molecule has 0 saturated carbocycles. The highest BCUT2D eigenvalue weighted by Crippen LogP contribution is 2.26. The van der Waals surface area contributed by atoms with Gasteiger partial charge in [-0.2, -0.15) is 4.31 Å². The van der Waals surface area contributed by atoms with Crippen molar-refractivity contribution < 1.29 is 22.7 Å². The number of benzene rings is 1. The summed E-state index contributed by atoms with van der Waals surface area (Å²) in [7, 11) is -0.589. The molecule has 1 aliphatic heterocycles. The van der Waals surface area contributed by atoms with E-state index in [1.165, 1.54) is 34.3 Å². The summed E-state index contributed by atoms with van der Waals surface area (Å²) in [5.74, 6) is -1.23. The van der Waals surface area contributed by atoms with Crippen molar-refractivity contribution in [2.45, 2.75) is 30.8 Å². The summed E-state index contributed by atoms with van der Waals surface area (Å²) >= 11 is 6.02. The van der Waals surface area contributed by atoms with Crippen LogP contribution in [0.15, 0.2) is 23.1 Å². The van der Waals surface area contributed by atoms with Crippen molar-refractivity contribution in [2.24, 2.45) is 0 Å². The zero-order valence-corrected chi connectivity index (χ0v) is 15.9. The molecule has 138 valence electrons. The maximum absolute atomic E-state index is 12.6. The van der Waals surface area contributed by atoms with Gasteiger partial charge in [0.2, 0.25) is 10.0 Å². The van der Waals surface area contributed by atoms with E-state index in [2.05, 4.69) is 0 Å². The largest absolute Gasteiger partial charge is 0.449 e. The van der Waals surface area contributed by atoms with Gasteiger partial charge in [0.25, 0.3) is 5.91 Å². The molecule has 1 saturated heterocycles. The Morgan fingerprint density at radius 3 is 2.40 bits per heavy atom. The topological polar surface area (TPSA) is 84.0 Å². The number of nitrogens with zero attached hydrogens (tertiary/aromatic N) is 2. The van der Waals surface area contributed by atoms with E-state index < -0.39 is 22.1 Å². The fourth-order valence-electron chi connectivity index (χ4n) is 2.54. The van der Waals surface area contributed by atoms with Crippen LogP contribution in [0.4, 0.5) is 0 Å². The first-order chi connectivity index (χ1) is 11.6. The summed E-state index contributed by atoms with van der Waals surface area (Å²) in [5, 5.41) is 0.0647. The molecule has 0 radical (unpaired) electrons. The van der Waals surface area contributed by atoms with Crippen LogP contribution in [-0.2, 0) is 19.6 Å². The molecule has 0 aromatic heterocycles. The van der Waals surface area contributed by atoms with Crippen LogP contribution in [-0.4, -0.2) is 62.8 Å². The molecule has 1 aromatic rings. The van der Waals surface area contributed by atoms with Crippen LogP contribution >= 0.6 is 11.6 Å². The first-order valence-electron chi connectivity index (χ1n) is 7.86. The maximum atomic E-state index is 12.6. The van der Waals surface area contributed by atoms with E-state index in [9.17, 15) is 18.0 Å². The Balaban J connectivity index is 2.27. The lowest BCUT2D eigenvalue weighted by Gasteiger charge is -2.18. The summed E-state index contributed by atoms with van der Waals surface area (Å²) < 4.78 is 31.7. The van der Waals surface area contributed by atoms with Crippen molar-refractivity contribution in [1.82, 2.24) is 9.21 Å². The third-order valence-corrected chi connectivity index (χ3v) is 6.16. The molecule has 2 rings (SSSR count). The van der Waals surface area contributed by atoms with Crippen molar-refractivity contribution >= 4 is 33.5 Å². The third kappa shape index (κ3) is 4.31. The number of rotatable bonds is 5. The Bertz CT molecular complexity index is 773. The van der Waals surface area contributed by atoms with Crippen molar-refractivity contribution in [3.63, 3.8) is 0 Å². The average Bonchev–Trinajstić information content (AvgIpc) is 3.09. The summed E-state index contributed by atoms with van der Waals surface area (Å²) in [6.07, 6.45) is 0.620. The molecule has 1 atom stereocenters. The molecule has 1 aliphatic rings. The van der Waals surface area contributed by atoms with Crippen LogP contribution in [0.5, 0.6) is 0 Å². The van der Waals surface area contributed by atoms with Gasteiger partial charge in [0.05, 0.1) is 15.5 Å². The minimum Gasteiger partial charge on any atom is -0.449 e. The lowest BCUT2D eigenvalue weighted by Crippen LogP contribution is -2.35. The Morgan fingerprint density at radius 1 is 1.24 bits per heavy atom. The van der Waals surface area contributed by atoms with Crippen molar-refractivity contribution in [3.05, 3.63) is 28.8 Å². The van der Waals surface area contributed by atoms with Gasteiger partial charge in [-0.25, -0.2) is 13.2 Å². The Kier molecular flexibility index (Phi) is 6.08. The summed E-state index contributed by atoms with van der Waals surface area (Å²) in [5.41, 5.74) is -0.0830. The molecular weight excluding hydrogens is 368 g/mol. The van der Waals surface area contributed by atoms with Crippen LogP contribution in [0.1, 0.15) is 30.1 Å². The number of hydrogen-bond donors (Lipinski definition) is 0. The smallest absolute Gasteiger partial charge is 0.340 e. The highest BCUT2D eigenvalue weighted by Gasteiger charge is 2.29. The second kappa shape index (κ2) is 7.72. The van der Waals surface area contributed by atoms with Crippen LogP contribution < -0.4 is 0 Å². The summed E-state index contributed by atoms with van der Waals surface area (Å²) in [6.45, 7) is 2.36. The van der Waals surface area contributed by atoms with Gasteiger partial charge >= 0.3 is 5.97 Å². The second-order valence-electron chi connectivity index (χ2n) is 6.03. The number of carbonyl (C=O) groups excluding carboxylic acids is 2. The monoisotopic (exact) mass is 388 g/mol. The zero-order chi connectivity index (χ0) is 18.8. The van der Waals surface area contributed by atoms with Gasteiger partial charge in [-0.15, -0.1) is 0 Å². The van der Waals surface area contributed by atoms with E-state index >= 15 is 0 Å². The van der Waals surface area contributed by atoms with E-state index in [4.69, 9.17) is 16.3 Å². The Labute approximate surface area is 152 Å². The molecule has 0 unspecified atom stereocenters. The molecule has 9 heteroatoms. The van der Waals surface area contributed by atoms with Gasteiger partial charge in [0.1, 0.15) is 0 Å². The van der Waals surface area contributed by atoms with E-state index in [0.29, 0.717) is 13.1 Å². The molecule has 0 N–H and O–H groups in total. The number of hydrogen-bond acceptors (Lipinski definition) is 5. The molecule has 7 nitrogen and oxygen atoms in total. The van der Waals surface area contributed by atoms with Crippen LogP contribution in [0, 0.1) is 0 Å². The Hall–Kier alpha value is -1.64. The lowest BCUT2D eigenvalue weighted by atomic mass is 10.2. The number of sulfonamides is 1. The van der Waals surface area contributed by atoms with Gasteiger partial charge in [-0.3, -0.25) is 4.79 Å². The first kappa shape index (κ1) is 19.7. The molecule has 0 aliphatic carbocycles. The van der Waals surface area contributed by atoms with Crippen molar-refractivity contribution in [2.75, 3.05) is 27.2 Å². The van der Waals surface area contributed by atoms with E-state index in [-0.39, 0.29) is 21.4 Å². The minimum atomic E-state index is -3.68. The van der Waals surface area contributed by atoms with E-state index in [0.717, 1.165) is 12.8 Å². The fourth-order valence-corrected chi connectivity index (χ4v) is 4.28. The van der Waals surface area contributed by atoms with Crippen LogP contribution in [0.25, 0.3) is 0 Å². The second-order valence-corrected chi connectivity index (χ2v) is 8.38. The van der Waals surface area contributed by atoms with Crippen molar-refractivity contribution in [1.29, 1.82) is 0 Å². The number of esters is 1. The summed E-state index contributed by atoms with van der Waals surface area (Å²) in [6, 6.07) is 3.91. The molecule has 1 amide bonds. The number of ether oxygens (including phenoxy) is 1. The third-order valence-electron chi connectivity index (χ3n) is 3.93. The van der Waals surface area contributed by atoms with Crippen molar-refractivity contribution in [3.8, 4) is 0 Å². The molecule has 25 heavy (non-hydrogen) atoms. The number of halogens is 1. The molecule has 0 bridgehead atoms. The Morgan fingerprint density at radius 2 is 1.84 bits per heavy atom. The predicted octanol–water partition coefficient (Wildman–Crippen LogP) is 1.76. The van der Waals surface area contributed by atoms with E-state index in [1.807, 2.05) is 0 Å². The molecule has 1 aromatic carbocycles. The highest BCUT2D eigenvalue weighted by atomic mass is 35.5. The van der Waals surface area contributed by atoms with Gasteiger partial charge in [-0.1, -0.05) is 11.6 Å². The molecule has 1 heterocycles. The van der Waals surface area contributed by atoms with Gasteiger partial charge in [0.15, 0.2) is 6.10 Å². The molecule has 1 fully saturated rings. The van der Waals surface area contributed by atoms with Crippen LogP contribution in [0.3, 0.4) is 0 Å². The predicted molar refractivity (Wildman–Crippen MR) is 93.0 cm³/mol. The van der Waals surface area contributed by atoms with Gasteiger partial charge in [0, 0.05) is 27.2 Å². The van der Waals surface area contributed by atoms with Gasteiger partial charge < -0.3 is 9.64 Å². The SMILES string of the molecule is C[C@H](OC(=O)c1cc(S(=O)(=O)N2CCCC2)ccc1Cl)C(=O)N(C)C. The molecule has 0 spiro atoms. The average molecular weight is 389 g/mol. The number of carbonyl (C=O) groups is 2. The first-order valence-corrected chi connectivity index (χ1v) is 9.68.